The zero-order chi connectivity index (χ0) is 26.9. The molecule has 10 nitrogen and oxygen atoms in total. The lowest BCUT2D eigenvalue weighted by Gasteiger charge is -2.09. The molecule has 2 amide bonds. The van der Waals surface area contributed by atoms with Crippen molar-refractivity contribution in [1.82, 2.24) is 5.43 Å². The van der Waals surface area contributed by atoms with E-state index in [1.165, 1.54) is 0 Å². The Bertz CT molecular complexity index is 1280. The van der Waals surface area contributed by atoms with Crippen molar-refractivity contribution in [3.05, 3.63) is 77.9 Å². The SMILES string of the molecule is CCOC(=O)COc1ccc2c(c1)C(=NNC(=O)Nc1ccccc1)c1cc(OCC(=O)OCC)ccc1-2. The fourth-order valence-electron chi connectivity index (χ4n) is 3.83. The number of amides is 2. The van der Waals surface area contributed by atoms with Crippen LogP contribution in [-0.4, -0.2) is 50.1 Å². The van der Waals surface area contributed by atoms with Gasteiger partial charge >= 0.3 is 18.0 Å². The third kappa shape index (κ3) is 6.47. The topological polar surface area (TPSA) is 125 Å². The number of anilines is 1. The minimum absolute atomic E-state index is 0.240. The second-order valence-electron chi connectivity index (χ2n) is 7.99. The molecular formula is C28H27N3O7. The minimum atomic E-state index is -0.525. The Morgan fingerprint density at radius 1 is 0.711 bits per heavy atom. The molecular weight excluding hydrogens is 490 g/mol. The third-order valence-electron chi connectivity index (χ3n) is 5.41. The van der Waals surface area contributed by atoms with Crippen LogP contribution in [-0.2, 0) is 19.1 Å². The van der Waals surface area contributed by atoms with Crippen LogP contribution in [0.1, 0.15) is 25.0 Å². The van der Waals surface area contributed by atoms with Crippen LogP contribution in [0, 0.1) is 0 Å². The Balaban J connectivity index is 1.61. The number of hydrogen-bond acceptors (Lipinski definition) is 8. The van der Waals surface area contributed by atoms with Crippen LogP contribution in [0.4, 0.5) is 10.5 Å². The van der Waals surface area contributed by atoms with Gasteiger partial charge in [0.05, 0.1) is 18.9 Å². The van der Waals surface area contributed by atoms with E-state index >= 15 is 0 Å². The summed E-state index contributed by atoms with van der Waals surface area (Å²) in [7, 11) is 0. The van der Waals surface area contributed by atoms with Crippen LogP contribution in [0.15, 0.2) is 71.8 Å². The number of hydrogen-bond donors (Lipinski definition) is 2. The molecule has 1 aliphatic carbocycles. The summed E-state index contributed by atoms with van der Waals surface area (Å²) in [6.07, 6.45) is 0. The fourth-order valence-corrected chi connectivity index (χ4v) is 3.83. The van der Waals surface area contributed by atoms with Crippen molar-refractivity contribution >= 4 is 29.4 Å². The summed E-state index contributed by atoms with van der Waals surface area (Å²) in [4.78, 5) is 36.0. The van der Waals surface area contributed by atoms with Crippen LogP contribution in [0.2, 0.25) is 0 Å². The second kappa shape index (κ2) is 12.4. The van der Waals surface area contributed by atoms with E-state index in [-0.39, 0.29) is 26.4 Å². The highest BCUT2D eigenvalue weighted by molar-refractivity contribution is 6.25. The Morgan fingerprint density at radius 2 is 1.24 bits per heavy atom. The number of nitrogens with one attached hydrogen (secondary N) is 2. The molecule has 0 atom stereocenters. The number of carbonyl (C=O) groups is 3. The molecule has 3 aromatic carbocycles. The summed E-state index contributed by atoms with van der Waals surface area (Å²) in [5.41, 5.74) is 6.68. The van der Waals surface area contributed by atoms with Crippen molar-refractivity contribution in [2.24, 2.45) is 5.10 Å². The number of para-hydroxylation sites is 1. The number of urea groups is 1. The molecule has 3 aromatic rings. The molecule has 0 bridgehead atoms. The standard InChI is InChI=1S/C28H27N3O7/c1-3-35-25(32)16-37-19-10-12-21-22-13-11-20(38-17-26(33)36-4-2)15-24(22)27(23(21)14-19)30-31-28(34)29-18-8-6-5-7-9-18/h5-15H,3-4,16-17H2,1-2H3,(H2,29,31,34). The Hall–Kier alpha value is -4.86. The monoisotopic (exact) mass is 517 g/mol. The van der Waals surface area contributed by atoms with Gasteiger partial charge in [-0.05, 0) is 73.5 Å². The lowest BCUT2D eigenvalue weighted by molar-refractivity contribution is -0.146. The molecule has 0 unspecified atom stereocenters. The Morgan fingerprint density at radius 3 is 1.74 bits per heavy atom. The Labute approximate surface area is 219 Å². The summed E-state index contributed by atoms with van der Waals surface area (Å²) in [6.45, 7) is 3.48. The zero-order valence-corrected chi connectivity index (χ0v) is 21.0. The van der Waals surface area contributed by atoms with E-state index in [2.05, 4.69) is 15.8 Å². The highest BCUT2D eigenvalue weighted by Crippen LogP contribution is 2.40. The largest absolute Gasteiger partial charge is 0.482 e. The van der Waals surface area contributed by atoms with Crippen molar-refractivity contribution in [3.63, 3.8) is 0 Å². The van der Waals surface area contributed by atoms with Gasteiger partial charge in [0.25, 0.3) is 0 Å². The van der Waals surface area contributed by atoms with E-state index < -0.39 is 18.0 Å². The summed E-state index contributed by atoms with van der Waals surface area (Å²) < 4.78 is 21.0. The summed E-state index contributed by atoms with van der Waals surface area (Å²) >= 11 is 0. The van der Waals surface area contributed by atoms with Crippen LogP contribution in [0.3, 0.4) is 0 Å². The van der Waals surface area contributed by atoms with Crippen molar-refractivity contribution in [3.8, 4) is 22.6 Å². The predicted octanol–water partition coefficient (Wildman–Crippen LogP) is 4.12. The van der Waals surface area contributed by atoms with Crippen LogP contribution < -0.4 is 20.2 Å². The molecule has 0 aromatic heterocycles. The maximum atomic E-state index is 12.5. The van der Waals surface area contributed by atoms with Gasteiger partial charge in [-0.25, -0.2) is 19.8 Å². The van der Waals surface area contributed by atoms with Gasteiger partial charge in [0.1, 0.15) is 11.5 Å². The first kappa shape index (κ1) is 26.2. The highest BCUT2D eigenvalue weighted by Gasteiger charge is 2.27. The highest BCUT2D eigenvalue weighted by atomic mass is 16.6. The number of rotatable bonds is 10. The normalized spacial score (nSPS) is 11.1. The number of hydrazone groups is 1. The van der Waals surface area contributed by atoms with Crippen LogP contribution >= 0.6 is 0 Å². The van der Waals surface area contributed by atoms with Gasteiger partial charge in [0, 0.05) is 16.8 Å². The molecule has 0 saturated carbocycles. The molecule has 10 heteroatoms. The van der Waals surface area contributed by atoms with Crippen molar-refractivity contribution < 1.29 is 33.3 Å². The maximum absolute atomic E-state index is 12.5. The number of ether oxygens (including phenoxy) is 4. The first-order valence-electron chi connectivity index (χ1n) is 12.0. The first-order valence-corrected chi connectivity index (χ1v) is 12.0. The smallest absolute Gasteiger partial charge is 0.344 e. The first-order chi connectivity index (χ1) is 18.5. The van der Waals surface area contributed by atoms with Crippen LogP contribution in [0.25, 0.3) is 11.1 Å². The summed E-state index contributed by atoms with van der Waals surface area (Å²) in [6, 6.07) is 19.1. The molecule has 0 heterocycles. The lowest BCUT2D eigenvalue weighted by Crippen LogP contribution is -2.25. The maximum Gasteiger partial charge on any atom is 0.344 e. The molecule has 38 heavy (non-hydrogen) atoms. The van der Waals surface area contributed by atoms with E-state index in [1.807, 2.05) is 18.2 Å². The number of nitrogens with zero attached hydrogens (tertiary/aromatic N) is 1. The molecule has 196 valence electrons. The molecule has 0 spiro atoms. The summed E-state index contributed by atoms with van der Waals surface area (Å²) in [5.74, 6) is -0.0877. The van der Waals surface area contributed by atoms with Gasteiger partial charge in [0.2, 0.25) is 0 Å². The van der Waals surface area contributed by atoms with Gasteiger partial charge in [0.15, 0.2) is 13.2 Å². The number of benzene rings is 3. The van der Waals surface area contributed by atoms with Gasteiger partial charge < -0.3 is 24.3 Å². The number of carbonyl (C=O) groups excluding carboxylic acids is 3. The van der Waals surface area contributed by atoms with Crippen molar-refractivity contribution in [1.29, 1.82) is 0 Å². The number of fused-ring (bicyclic) bond motifs is 3. The molecule has 0 fully saturated rings. The van der Waals surface area contributed by atoms with Crippen LogP contribution in [0.5, 0.6) is 11.5 Å². The molecule has 2 N–H and O–H groups in total. The van der Waals surface area contributed by atoms with Gasteiger partial charge in [-0.2, -0.15) is 5.10 Å². The fraction of sp³-hybridized carbons (Fsp3) is 0.214. The number of esters is 2. The molecule has 0 radical (unpaired) electrons. The van der Waals surface area contributed by atoms with E-state index in [0.717, 1.165) is 11.1 Å². The second-order valence-corrected chi connectivity index (χ2v) is 7.99. The van der Waals surface area contributed by atoms with Gasteiger partial charge in [-0.1, -0.05) is 18.2 Å². The molecule has 4 rings (SSSR count). The van der Waals surface area contributed by atoms with E-state index in [4.69, 9.17) is 18.9 Å². The average molecular weight is 518 g/mol. The van der Waals surface area contributed by atoms with E-state index in [0.29, 0.717) is 34.0 Å². The van der Waals surface area contributed by atoms with Crippen molar-refractivity contribution in [2.75, 3.05) is 31.7 Å². The van der Waals surface area contributed by atoms with Gasteiger partial charge in [-0.3, -0.25) is 0 Å². The summed E-state index contributed by atoms with van der Waals surface area (Å²) in [5, 5.41) is 7.11. The van der Waals surface area contributed by atoms with E-state index in [1.54, 1.807) is 62.4 Å². The molecule has 0 saturated heterocycles. The van der Waals surface area contributed by atoms with Gasteiger partial charge in [-0.15, -0.1) is 0 Å². The molecule has 1 aliphatic rings. The van der Waals surface area contributed by atoms with E-state index in [9.17, 15) is 14.4 Å². The van der Waals surface area contributed by atoms with Crippen molar-refractivity contribution in [2.45, 2.75) is 13.8 Å². The molecule has 0 aliphatic heterocycles. The lowest BCUT2D eigenvalue weighted by atomic mass is 10.1. The Kier molecular flexibility index (Phi) is 8.55. The third-order valence-corrected chi connectivity index (χ3v) is 5.41. The quantitative estimate of drug-likeness (QED) is 0.239. The zero-order valence-electron chi connectivity index (χ0n) is 21.0. The average Bonchev–Trinajstić information content (AvgIpc) is 3.22. The minimum Gasteiger partial charge on any atom is -0.482 e. The predicted molar refractivity (Wildman–Crippen MR) is 140 cm³/mol.